The molecule has 63 heavy (non-hydrogen) atoms. The first kappa shape index (κ1) is 61.4. The molecule has 0 aromatic carbocycles. The topological polar surface area (TPSA) is 78.9 Å². The Kier molecular flexibility index (Phi) is 50.1. The normalized spacial score (nSPS) is 12.4. The van der Waals surface area contributed by atoms with Gasteiger partial charge in [0.05, 0.1) is 0 Å². The fourth-order valence-electron chi connectivity index (χ4n) is 8.72. The van der Waals surface area contributed by atoms with Gasteiger partial charge < -0.3 is 14.2 Å². The summed E-state index contributed by atoms with van der Waals surface area (Å²) in [6.07, 6.45) is 55.2. The summed E-state index contributed by atoms with van der Waals surface area (Å²) in [6, 6.07) is 0. The van der Waals surface area contributed by atoms with Gasteiger partial charge in [-0.2, -0.15) is 0 Å². The number of hydrogen-bond donors (Lipinski definition) is 0. The molecule has 374 valence electrons. The second-order valence-corrected chi connectivity index (χ2v) is 19.8. The molecule has 6 heteroatoms. The Balaban J connectivity index is 4.14. The van der Waals surface area contributed by atoms with Crippen LogP contribution in [0.4, 0.5) is 0 Å². The smallest absolute Gasteiger partial charge is 0.306 e. The number of carbonyl (C=O) groups is 3. The Morgan fingerprint density at radius 2 is 0.556 bits per heavy atom. The quantitative estimate of drug-likeness (QED) is 0.0344. The Bertz CT molecular complexity index is 951. The fraction of sp³-hybridized carbons (Fsp3) is 0.947. The molecule has 0 radical (unpaired) electrons. The standard InChI is InChI=1S/C57H110O6/c1-5-8-10-12-14-16-17-18-26-29-33-36-40-44-48-55(58)61-51-54(63-57(60)50-46-42-38-31-15-13-11-9-6-2)52-62-56(59)49-45-41-37-34-30-27-24-22-20-19-21-23-25-28-32-35-39-43-47-53(4)7-3/h53-54H,5-52H2,1-4H3/t53?,54-/m0/s1. The van der Waals surface area contributed by atoms with Crippen LogP contribution in [0.25, 0.3) is 0 Å². The van der Waals surface area contributed by atoms with Gasteiger partial charge >= 0.3 is 17.9 Å². The zero-order valence-electron chi connectivity index (χ0n) is 43.0. The van der Waals surface area contributed by atoms with Crippen LogP contribution in [0.1, 0.15) is 323 Å². The van der Waals surface area contributed by atoms with E-state index in [1.165, 1.54) is 218 Å². The first-order chi connectivity index (χ1) is 30.9. The Hall–Kier alpha value is -1.59. The van der Waals surface area contributed by atoms with E-state index >= 15 is 0 Å². The van der Waals surface area contributed by atoms with E-state index < -0.39 is 6.10 Å². The molecule has 0 aliphatic heterocycles. The van der Waals surface area contributed by atoms with Gasteiger partial charge in [-0.3, -0.25) is 14.4 Å². The molecule has 0 saturated heterocycles. The largest absolute Gasteiger partial charge is 0.462 e. The molecule has 0 rings (SSSR count). The number of hydrogen-bond acceptors (Lipinski definition) is 6. The minimum Gasteiger partial charge on any atom is -0.462 e. The molecule has 0 spiro atoms. The van der Waals surface area contributed by atoms with E-state index in [0.29, 0.717) is 19.3 Å². The van der Waals surface area contributed by atoms with Crippen LogP contribution in [-0.4, -0.2) is 37.2 Å². The van der Waals surface area contributed by atoms with Gasteiger partial charge in [-0.25, -0.2) is 0 Å². The predicted molar refractivity (Wildman–Crippen MR) is 270 cm³/mol. The highest BCUT2D eigenvalue weighted by Gasteiger charge is 2.19. The van der Waals surface area contributed by atoms with Gasteiger partial charge in [0.2, 0.25) is 0 Å². The van der Waals surface area contributed by atoms with Crippen LogP contribution < -0.4 is 0 Å². The molecular weight excluding hydrogens is 781 g/mol. The molecule has 0 bridgehead atoms. The van der Waals surface area contributed by atoms with Crippen LogP contribution >= 0.6 is 0 Å². The van der Waals surface area contributed by atoms with Crippen LogP contribution in [0.5, 0.6) is 0 Å². The SMILES string of the molecule is CCCCCCCCCCCCCCCCC(=O)OC[C@@H](COC(=O)CCCCCCCCCCCCCCCCCCCCC(C)CC)OC(=O)CCCCCCCCCCC. The second-order valence-electron chi connectivity index (χ2n) is 19.8. The summed E-state index contributed by atoms with van der Waals surface area (Å²) in [5.41, 5.74) is 0. The maximum Gasteiger partial charge on any atom is 0.306 e. The van der Waals surface area contributed by atoms with Crippen LogP contribution in [0.15, 0.2) is 0 Å². The highest BCUT2D eigenvalue weighted by atomic mass is 16.6. The minimum absolute atomic E-state index is 0.0623. The molecule has 0 amide bonds. The van der Waals surface area contributed by atoms with Crippen molar-refractivity contribution in [2.24, 2.45) is 5.92 Å². The average molecular weight is 892 g/mol. The minimum atomic E-state index is -0.760. The molecule has 0 fully saturated rings. The number of esters is 3. The molecule has 0 aliphatic carbocycles. The Morgan fingerprint density at radius 3 is 0.825 bits per heavy atom. The van der Waals surface area contributed by atoms with Gasteiger partial charge in [-0.15, -0.1) is 0 Å². The molecule has 0 aromatic rings. The monoisotopic (exact) mass is 891 g/mol. The second kappa shape index (κ2) is 51.4. The van der Waals surface area contributed by atoms with E-state index in [2.05, 4.69) is 27.7 Å². The Morgan fingerprint density at radius 1 is 0.317 bits per heavy atom. The number of unbranched alkanes of at least 4 members (excludes halogenated alkanes) is 38. The molecule has 0 heterocycles. The molecule has 0 saturated carbocycles. The lowest BCUT2D eigenvalue weighted by Crippen LogP contribution is -2.30. The summed E-state index contributed by atoms with van der Waals surface area (Å²) in [4.78, 5) is 38.0. The fourth-order valence-corrected chi connectivity index (χ4v) is 8.72. The van der Waals surface area contributed by atoms with Crippen molar-refractivity contribution in [2.75, 3.05) is 13.2 Å². The Labute approximate surface area is 393 Å². The molecule has 6 nitrogen and oxygen atoms in total. The van der Waals surface area contributed by atoms with E-state index in [9.17, 15) is 14.4 Å². The summed E-state index contributed by atoms with van der Waals surface area (Å²) in [6.45, 7) is 9.08. The van der Waals surface area contributed by atoms with Gasteiger partial charge in [-0.05, 0) is 25.2 Å². The lowest BCUT2D eigenvalue weighted by molar-refractivity contribution is -0.167. The molecule has 1 unspecified atom stereocenters. The van der Waals surface area contributed by atoms with Crippen molar-refractivity contribution in [3.05, 3.63) is 0 Å². The van der Waals surface area contributed by atoms with Gasteiger partial charge in [0.1, 0.15) is 13.2 Å². The molecular formula is C57H110O6. The van der Waals surface area contributed by atoms with E-state index in [4.69, 9.17) is 14.2 Å². The van der Waals surface area contributed by atoms with Crippen LogP contribution in [0.3, 0.4) is 0 Å². The van der Waals surface area contributed by atoms with Crippen molar-refractivity contribution < 1.29 is 28.6 Å². The molecule has 0 aliphatic rings. The van der Waals surface area contributed by atoms with Crippen molar-refractivity contribution in [3.8, 4) is 0 Å². The first-order valence-electron chi connectivity index (χ1n) is 28.4. The zero-order chi connectivity index (χ0) is 45.9. The van der Waals surface area contributed by atoms with E-state index in [1.807, 2.05) is 0 Å². The lowest BCUT2D eigenvalue weighted by Gasteiger charge is -2.18. The average Bonchev–Trinajstić information content (AvgIpc) is 3.28. The van der Waals surface area contributed by atoms with E-state index in [1.54, 1.807) is 0 Å². The van der Waals surface area contributed by atoms with Crippen molar-refractivity contribution >= 4 is 17.9 Å². The summed E-state index contributed by atoms with van der Waals surface area (Å²) in [5, 5.41) is 0. The third-order valence-corrected chi connectivity index (χ3v) is 13.4. The van der Waals surface area contributed by atoms with Crippen LogP contribution in [0, 0.1) is 5.92 Å². The van der Waals surface area contributed by atoms with Gasteiger partial charge in [0.25, 0.3) is 0 Å². The highest BCUT2D eigenvalue weighted by molar-refractivity contribution is 5.71. The highest BCUT2D eigenvalue weighted by Crippen LogP contribution is 2.18. The number of carbonyl (C=O) groups excluding carboxylic acids is 3. The van der Waals surface area contributed by atoms with Gasteiger partial charge in [0, 0.05) is 19.3 Å². The van der Waals surface area contributed by atoms with Crippen molar-refractivity contribution in [1.82, 2.24) is 0 Å². The molecule has 2 atom stereocenters. The van der Waals surface area contributed by atoms with Crippen molar-refractivity contribution in [1.29, 1.82) is 0 Å². The summed E-state index contributed by atoms with van der Waals surface area (Å²) in [7, 11) is 0. The number of rotatable bonds is 52. The maximum atomic E-state index is 12.7. The van der Waals surface area contributed by atoms with Gasteiger partial charge in [-0.1, -0.05) is 285 Å². The summed E-state index contributed by atoms with van der Waals surface area (Å²) >= 11 is 0. The zero-order valence-corrected chi connectivity index (χ0v) is 43.0. The van der Waals surface area contributed by atoms with Crippen LogP contribution in [0.2, 0.25) is 0 Å². The summed E-state index contributed by atoms with van der Waals surface area (Å²) in [5.74, 6) is 0.0690. The van der Waals surface area contributed by atoms with Crippen LogP contribution in [-0.2, 0) is 28.6 Å². The van der Waals surface area contributed by atoms with E-state index in [-0.39, 0.29) is 31.1 Å². The molecule has 0 aromatic heterocycles. The summed E-state index contributed by atoms with van der Waals surface area (Å²) < 4.78 is 16.8. The van der Waals surface area contributed by atoms with Gasteiger partial charge in [0.15, 0.2) is 6.10 Å². The number of ether oxygens (including phenoxy) is 3. The lowest BCUT2D eigenvalue weighted by atomic mass is 9.99. The van der Waals surface area contributed by atoms with Crippen molar-refractivity contribution in [2.45, 2.75) is 329 Å². The maximum absolute atomic E-state index is 12.7. The van der Waals surface area contributed by atoms with E-state index in [0.717, 1.165) is 63.7 Å². The van der Waals surface area contributed by atoms with Crippen molar-refractivity contribution in [3.63, 3.8) is 0 Å². The first-order valence-corrected chi connectivity index (χ1v) is 28.4. The third-order valence-electron chi connectivity index (χ3n) is 13.4. The molecule has 0 N–H and O–H groups in total. The predicted octanol–water partition coefficient (Wildman–Crippen LogP) is 18.6. The third kappa shape index (κ3) is 49.7.